The van der Waals surface area contributed by atoms with E-state index in [1.807, 2.05) is 0 Å². The molecule has 2 rings (SSSR count). The molecule has 1 aromatic carbocycles. The van der Waals surface area contributed by atoms with Crippen molar-refractivity contribution in [1.29, 1.82) is 0 Å². The number of halogens is 2. The molecular formula is C14H16ClFN2OS2. The van der Waals surface area contributed by atoms with Crippen molar-refractivity contribution < 1.29 is 9.18 Å². The van der Waals surface area contributed by atoms with Gasteiger partial charge in [-0.1, -0.05) is 35.6 Å². The van der Waals surface area contributed by atoms with E-state index in [2.05, 4.69) is 10.2 Å². The van der Waals surface area contributed by atoms with Crippen LogP contribution in [0.3, 0.4) is 0 Å². The highest BCUT2D eigenvalue weighted by Gasteiger charge is 2.21. The fourth-order valence-corrected chi connectivity index (χ4v) is 3.63. The molecule has 3 nitrogen and oxygen atoms in total. The van der Waals surface area contributed by atoms with Gasteiger partial charge in [0.1, 0.15) is 10.1 Å². The number of hydrogen-bond acceptors (Lipinski definition) is 3. The van der Waals surface area contributed by atoms with Crippen LogP contribution < -0.4 is 5.32 Å². The second kappa shape index (κ2) is 7.42. The maximum Gasteiger partial charge on any atom is 0.237 e. The lowest BCUT2D eigenvalue weighted by Crippen LogP contribution is -2.29. The normalized spacial score (nSPS) is 15.9. The Morgan fingerprint density at radius 2 is 2.14 bits per heavy atom. The van der Waals surface area contributed by atoms with Crippen molar-refractivity contribution >= 4 is 51.5 Å². The van der Waals surface area contributed by atoms with Crippen LogP contribution in [-0.4, -0.2) is 33.5 Å². The summed E-state index contributed by atoms with van der Waals surface area (Å²) in [6, 6.07) is 3.88. The summed E-state index contributed by atoms with van der Waals surface area (Å²) in [5.41, 5.74) is 0.405. The number of nitrogens with one attached hydrogen (secondary N) is 1. The molecule has 7 heteroatoms. The lowest BCUT2D eigenvalue weighted by molar-refractivity contribution is -0.115. The van der Waals surface area contributed by atoms with Gasteiger partial charge in [0.15, 0.2) is 0 Å². The molecule has 0 bridgehead atoms. The lowest BCUT2D eigenvalue weighted by Gasteiger charge is -2.20. The second-order valence-corrected chi connectivity index (χ2v) is 7.22. The molecule has 114 valence electrons. The smallest absolute Gasteiger partial charge is 0.237 e. The van der Waals surface area contributed by atoms with Crippen molar-refractivity contribution in [3.63, 3.8) is 0 Å². The van der Waals surface area contributed by atoms with E-state index >= 15 is 0 Å². The Morgan fingerprint density at radius 1 is 1.48 bits per heavy atom. The zero-order valence-corrected chi connectivity index (χ0v) is 14.0. The summed E-state index contributed by atoms with van der Waals surface area (Å²) in [5, 5.41) is 2.55. The molecule has 0 saturated carbocycles. The van der Waals surface area contributed by atoms with Crippen LogP contribution in [0.2, 0.25) is 5.02 Å². The topological polar surface area (TPSA) is 32.3 Å². The van der Waals surface area contributed by atoms with Crippen LogP contribution in [0, 0.1) is 5.82 Å². The van der Waals surface area contributed by atoms with Gasteiger partial charge in [-0.05, 0) is 38.0 Å². The molecule has 0 radical (unpaired) electrons. The molecule has 1 fully saturated rings. The van der Waals surface area contributed by atoms with E-state index in [1.54, 1.807) is 6.92 Å². The summed E-state index contributed by atoms with van der Waals surface area (Å²) in [4.78, 5) is 14.3. The maximum atomic E-state index is 13.0. The van der Waals surface area contributed by atoms with Crippen LogP contribution >= 0.6 is 35.6 Å². The van der Waals surface area contributed by atoms with Crippen LogP contribution in [0.4, 0.5) is 10.1 Å². The Hall–Kier alpha value is -0.850. The van der Waals surface area contributed by atoms with Crippen LogP contribution in [0.25, 0.3) is 0 Å². The minimum atomic E-state index is -0.435. The number of rotatable bonds is 3. The molecule has 21 heavy (non-hydrogen) atoms. The molecule has 1 aromatic rings. The number of carbonyl (C=O) groups excluding carboxylic acids is 1. The zero-order chi connectivity index (χ0) is 15.4. The summed E-state index contributed by atoms with van der Waals surface area (Å²) in [7, 11) is 0. The molecule has 1 aliphatic rings. The molecule has 0 aromatic heterocycles. The zero-order valence-electron chi connectivity index (χ0n) is 11.6. The SMILES string of the molecule is CC(SC(=S)N1CCCC1)C(=O)Nc1ccc(F)cc1Cl. The van der Waals surface area contributed by atoms with E-state index in [1.165, 1.54) is 30.0 Å². The van der Waals surface area contributed by atoms with Crippen LogP contribution in [0.15, 0.2) is 18.2 Å². The molecule has 0 spiro atoms. The first-order valence-electron chi connectivity index (χ1n) is 6.69. The second-order valence-electron chi connectivity index (χ2n) is 4.83. The average molecular weight is 347 g/mol. The molecule has 1 saturated heterocycles. The van der Waals surface area contributed by atoms with Crippen molar-refractivity contribution in [3.05, 3.63) is 29.0 Å². The molecular weight excluding hydrogens is 331 g/mol. The highest BCUT2D eigenvalue weighted by Crippen LogP contribution is 2.25. The predicted molar refractivity (Wildman–Crippen MR) is 90.5 cm³/mol. The van der Waals surface area contributed by atoms with Crippen LogP contribution in [0.5, 0.6) is 0 Å². The van der Waals surface area contributed by atoms with Crippen molar-refractivity contribution in [2.75, 3.05) is 18.4 Å². The summed E-state index contributed by atoms with van der Waals surface area (Å²) in [5.74, 6) is -0.634. The quantitative estimate of drug-likeness (QED) is 0.841. The third-order valence-electron chi connectivity index (χ3n) is 3.20. The number of amides is 1. The van der Waals surface area contributed by atoms with E-state index < -0.39 is 5.82 Å². The van der Waals surface area contributed by atoms with Gasteiger partial charge in [-0.3, -0.25) is 4.79 Å². The predicted octanol–water partition coefficient (Wildman–Crippen LogP) is 3.92. The van der Waals surface area contributed by atoms with Gasteiger partial charge < -0.3 is 10.2 Å². The van der Waals surface area contributed by atoms with Crippen LogP contribution in [-0.2, 0) is 4.79 Å². The average Bonchev–Trinajstić information content (AvgIpc) is 2.95. The molecule has 1 heterocycles. The number of hydrogen-bond donors (Lipinski definition) is 1. The highest BCUT2D eigenvalue weighted by molar-refractivity contribution is 8.23. The van der Waals surface area contributed by atoms with Crippen molar-refractivity contribution in [1.82, 2.24) is 4.90 Å². The minimum Gasteiger partial charge on any atom is -0.358 e. The highest BCUT2D eigenvalue weighted by atomic mass is 35.5. The Bertz CT molecular complexity index is 550. The summed E-state index contributed by atoms with van der Waals surface area (Å²) >= 11 is 12.6. The van der Waals surface area contributed by atoms with Gasteiger partial charge >= 0.3 is 0 Å². The van der Waals surface area contributed by atoms with Gasteiger partial charge in [0, 0.05) is 13.1 Å². The first kappa shape index (κ1) is 16.5. The number of carbonyl (C=O) groups is 1. The molecule has 0 aliphatic carbocycles. The van der Waals surface area contributed by atoms with E-state index in [-0.39, 0.29) is 16.2 Å². The van der Waals surface area contributed by atoms with E-state index in [0.717, 1.165) is 30.3 Å². The largest absolute Gasteiger partial charge is 0.358 e. The third kappa shape index (κ3) is 4.56. The Kier molecular flexibility index (Phi) is 5.84. The van der Waals surface area contributed by atoms with E-state index in [9.17, 15) is 9.18 Å². The summed E-state index contributed by atoms with van der Waals surface area (Å²) < 4.78 is 13.7. The third-order valence-corrected chi connectivity index (χ3v) is 5.09. The Morgan fingerprint density at radius 3 is 2.76 bits per heavy atom. The summed E-state index contributed by atoms with van der Waals surface area (Å²) in [6.07, 6.45) is 2.29. The Labute approximate surface area is 138 Å². The van der Waals surface area contributed by atoms with E-state index in [0.29, 0.717) is 5.69 Å². The van der Waals surface area contributed by atoms with Gasteiger partial charge in [0.2, 0.25) is 5.91 Å². The van der Waals surface area contributed by atoms with Crippen molar-refractivity contribution in [2.45, 2.75) is 25.0 Å². The fraction of sp³-hybridized carbons (Fsp3) is 0.429. The number of likely N-dealkylation sites (tertiary alicyclic amines) is 1. The summed E-state index contributed by atoms with van der Waals surface area (Å²) in [6.45, 7) is 3.72. The van der Waals surface area contributed by atoms with Gasteiger partial charge in [0.05, 0.1) is 16.0 Å². The minimum absolute atomic E-state index is 0.183. The molecule has 1 atom stereocenters. The lowest BCUT2D eigenvalue weighted by atomic mass is 10.3. The number of anilines is 1. The van der Waals surface area contributed by atoms with Gasteiger partial charge in [-0.2, -0.15) is 0 Å². The Balaban J connectivity index is 1.91. The number of benzene rings is 1. The molecule has 1 unspecified atom stereocenters. The van der Waals surface area contributed by atoms with E-state index in [4.69, 9.17) is 23.8 Å². The number of thioether (sulfide) groups is 1. The first-order valence-corrected chi connectivity index (χ1v) is 8.35. The van der Waals surface area contributed by atoms with Gasteiger partial charge in [-0.15, -0.1) is 0 Å². The van der Waals surface area contributed by atoms with Crippen LogP contribution in [0.1, 0.15) is 19.8 Å². The van der Waals surface area contributed by atoms with Crippen molar-refractivity contribution in [2.24, 2.45) is 0 Å². The number of thiocarbonyl (C=S) groups is 1. The van der Waals surface area contributed by atoms with Gasteiger partial charge in [0.25, 0.3) is 0 Å². The van der Waals surface area contributed by atoms with Crippen molar-refractivity contribution in [3.8, 4) is 0 Å². The fourth-order valence-electron chi connectivity index (χ4n) is 2.00. The van der Waals surface area contributed by atoms with Gasteiger partial charge in [-0.25, -0.2) is 4.39 Å². The maximum absolute atomic E-state index is 13.0. The first-order chi connectivity index (χ1) is 9.97. The standard InChI is InChI=1S/C14H16ClFN2OS2/c1-9(21-14(20)18-6-2-3-7-18)13(19)17-12-5-4-10(16)8-11(12)15/h4-5,8-9H,2-3,6-7H2,1H3,(H,17,19). The number of nitrogens with zero attached hydrogens (tertiary/aromatic N) is 1. The molecule has 1 aliphatic heterocycles. The molecule has 1 N–H and O–H groups in total. The monoisotopic (exact) mass is 346 g/mol. The molecule has 1 amide bonds.